The summed E-state index contributed by atoms with van der Waals surface area (Å²) in [6, 6.07) is 6.67. The number of hydrogen-bond donors (Lipinski definition) is 1. The van der Waals surface area contributed by atoms with Gasteiger partial charge in [0.2, 0.25) is 0 Å². The van der Waals surface area contributed by atoms with Gasteiger partial charge in [-0.25, -0.2) is 0 Å². The molecular formula is C17H22N2OS. The topological polar surface area (TPSA) is 29.9 Å². The number of imidazole rings is 1. The molecular weight excluding hydrogens is 280 g/mol. The van der Waals surface area contributed by atoms with Crippen molar-refractivity contribution < 1.29 is 4.74 Å². The van der Waals surface area contributed by atoms with E-state index >= 15 is 0 Å². The average molecular weight is 302 g/mol. The first-order chi connectivity index (χ1) is 10.2. The molecule has 1 heterocycles. The van der Waals surface area contributed by atoms with Crippen LogP contribution in [-0.4, -0.2) is 16.7 Å². The maximum atomic E-state index is 5.60. The molecule has 2 bridgehead atoms. The van der Waals surface area contributed by atoms with Crippen LogP contribution in [0.2, 0.25) is 0 Å². The van der Waals surface area contributed by atoms with Crippen molar-refractivity contribution in [2.45, 2.75) is 38.6 Å². The Morgan fingerprint density at radius 2 is 2.19 bits per heavy atom. The Morgan fingerprint density at radius 3 is 2.86 bits per heavy atom. The van der Waals surface area contributed by atoms with Gasteiger partial charge in [0, 0.05) is 12.1 Å². The molecule has 0 saturated heterocycles. The maximum absolute atomic E-state index is 5.60. The number of H-pyrrole nitrogens is 1. The van der Waals surface area contributed by atoms with Crippen molar-refractivity contribution >= 4 is 23.3 Å². The Hall–Kier alpha value is -1.29. The number of rotatable bonds is 3. The van der Waals surface area contributed by atoms with Gasteiger partial charge in [-0.1, -0.05) is 6.42 Å². The van der Waals surface area contributed by atoms with Crippen molar-refractivity contribution in [3.05, 3.63) is 23.0 Å². The number of hydrogen-bond acceptors (Lipinski definition) is 2. The Labute approximate surface area is 130 Å². The van der Waals surface area contributed by atoms with Crippen LogP contribution < -0.4 is 4.74 Å². The van der Waals surface area contributed by atoms with Gasteiger partial charge in [-0.05, 0) is 68.3 Å². The first kappa shape index (κ1) is 13.4. The van der Waals surface area contributed by atoms with Crippen molar-refractivity contribution in [2.75, 3.05) is 7.11 Å². The minimum absolute atomic E-state index is 0.481. The van der Waals surface area contributed by atoms with Gasteiger partial charge in [-0.3, -0.25) is 0 Å². The highest BCUT2D eigenvalue weighted by Gasteiger charge is 2.42. The molecule has 4 heteroatoms. The van der Waals surface area contributed by atoms with Gasteiger partial charge >= 0.3 is 0 Å². The highest BCUT2D eigenvalue weighted by atomic mass is 32.1. The molecule has 0 spiro atoms. The summed E-state index contributed by atoms with van der Waals surface area (Å²) in [5, 5.41) is 0. The van der Waals surface area contributed by atoms with Crippen molar-refractivity contribution in [2.24, 2.45) is 17.8 Å². The third-order valence-corrected chi connectivity index (χ3v) is 6.04. The first-order valence-electron chi connectivity index (χ1n) is 7.95. The van der Waals surface area contributed by atoms with Crippen molar-refractivity contribution in [1.82, 2.24) is 9.55 Å². The summed E-state index contributed by atoms with van der Waals surface area (Å²) in [7, 11) is 1.70. The number of nitrogens with zero attached hydrogens (tertiary/aromatic N) is 1. The fourth-order valence-corrected chi connectivity index (χ4v) is 5.09. The minimum Gasteiger partial charge on any atom is -0.497 e. The summed E-state index contributed by atoms with van der Waals surface area (Å²) >= 11 is 5.60. The minimum atomic E-state index is 0.481. The van der Waals surface area contributed by atoms with Crippen LogP contribution in [0, 0.1) is 22.5 Å². The zero-order valence-corrected chi connectivity index (χ0v) is 13.5. The molecule has 1 aromatic carbocycles. The van der Waals surface area contributed by atoms with Crippen LogP contribution in [0.25, 0.3) is 11.0 Å². The van der Waals surface area contributed by atoms with Crippen LogP contribution in [0.4, 0.5) is 0 Å². The fourth-order valence-electron chi connectivity index (χ4n) is 4.72. The van der Waals surface area contributed by atoms with Crippen molar-refractivity contribution in [3.63, 3.8) is 0 Å². The second-order valence-corrected chi connectivity index (χ2v) is 7.15. The average Bonchev–Trinajstić information content (AvgIpc) is 3.18. The van der Waals surface area contributed by atoms with Gasteiger partial charge < -0.3 is 14.3 Å². The zero-order chi connectivity index (χ0) is 14.6. The molecule has 4 atom stereocenters. The SMILES string of the molecule is COc1ccc2c(c1)[nH]c(=S)n2C(C)C1CC2CCC1C2. The number of methoxy groups -OCH3 is 1. The van der Waals surface area contributed by atoms with E-state index in [1.807, 2.05) is 12.1 Å². The van der Waals surface area contributed by atoms with Crippen LogP contribution >= 0.6 is 12.2 Å². The van der Waals surface area contributed by atoms with E-state index in [1.165, 1.54) is 31.2 Å². The molecule has 2 aliphatic carbocycles. The highest BCUT2D eigenvalue weighted by molar-refractivity contribution is 7.71. The Kier molecular flexibility index (Phi) is 3.10. The Bertz CT molecular complexity index is 732. The van der Waals surface area contributed by atoms with E-state index in [4.69, 9.17) is 17.0 Å². The van der Waals surface area contributed by atoms with E-state index < -0.39 is 0 Å². The summed E-state index contributed by atoms with van der Waals surface area (Å²) in [5.41, 5.74) is 2.28. The summed E-state index contributed by atoms with van der Waals surface area (Å²) in [6.45, 7) is 2.35. The summed E-state index contributed by atoms with van der Waals surface area (Å²) in [6.07, 6.45) is 5.70. The largest absolute Gasteiger partial charge is 0.497 e. The van der Waals surface area contributed by atoms with Crippen molar-refractivity contribution in [1.29, 1.82) is 0 Å². The lowest BCUT2D eigenvalue weighted by Gasteiger charge is -2.29. The van der Waals surface area contributed by atoms with Gasteiger partial charge in [-0.2, -0.15) is 0 Å². The Morgan fingerprint density at radius 1 is 1.33 bits per heavy atom. The normalized spacial score (nSPS) is 29.1. The third kappa shape index (κ3) is 2.03. The molecule has 2 aromatic rings. The van der Waals surface area contributed by atoms with Crippen LogP contribution in [-0.2, 0) is 0 Å². The van der Waals surface area contributed by atoms with Crippen LogP contribution in [0.1, 0.15) is 38.6 Å². The molecule has 4 rings (SSSR count). The van der Waals surface area contributed by atoms with E-state index in [-0.39, 0.29) is 0 Å². The maximum Gasteiger partial charge on any atom is 0.178 e. The van der Waals surface area contributed by atoms with Gasteiger partial charge in [0.05, 0.1) is 18.1 Å². The van der Waals surface area contributed by atoms with Crippen molar-refractivity contribution in [3.8, 4) is 5.75 Å². The molecule has 1 N–H and O–H groups in total. The number of benzene rings is 1. The molecule has 4 unspecified atom stereocenters. The fraction of sp³-hybridized carbons (Fsp3) is 0.588. The van der Waals surface area contributed by atoms with Crippen LogP contribution in [0.5, 0.6) is 5.75 Å². The highest BCUT2D eigenvalue weighted by Crippen LogP contribution is 2.52. The number of nitrogens with one attached hydrogen (secondary N) is 1. The van der Waals surface area contributed by atoms with Gasteiger partial charge in [0.15, 0.2) is 4.77 Å². The van der Waals surface area contributed by atoms with Crippen LogP contribution in [0.3, 0.4) is 0 Å². The molecule has 3 nitrogen and oxygen atoms in total. The van der Waals surface area contributed by atoms with Gasteiger partial charge in [0.25, 0.3) is 0 Å². The Balaban J connectivity index is 1.75. The quantitative estimate of drug-likeness (QED) is 0.833. The molecule has 1 aromatic heterocycles. The third-order valence-electron chi connectivity index (χ3n) is 5.74. The lowest BCUT2D eigenvalue weighted by molar-refractivity contribution is 0.245. The number of aromatic amines is 1. The molecule has 0 aliphatic heterocycles. The molecule has 21 heavy (non-hydrogen) atoms. The second kappa shape index (κ2) is 4.87. The van der Waals surface area contributed by atoms with Crippen LogP contribution in [0.15, 0.2) is 18.2 Å². The van der Waals surface area contributed by atoms with E-state index in [9.17, 15) is 0 Å². The molecule has 2 aliphatic rings. The lowest BCUT2D eigenvalue weighted by Crippen LogP contribution is -2.22. The predicted octanol–water partition coefficient (Wildman–Crippen LogP) is 4.70. The first-order valence-corrected chi connectivity index (χ1v) is 8.36. The van der Waals surface area contributed by atoms with E-state index in [2.05, 4.69) is 22.5 Å². The number of fused-ring (bicyclic) bond motifs is 3. The molecule has 0 amide bonds. The van der Waals surface area contributed by atoms with Gasteiger partial charge in [-0.15, -0.1) is 0 Å². The summed E-state index contributed by atoms with van der Waals surface area (Å²) in [4.78, 5) is 3.35. The zero-order valence-electron chi connectivity index (χ0n) is 12.6. The number of aromatic nitrogens is 2. The molecule has 112 valence electrons. The van der Waals surface area contributed by atoms with E-state index in [0.29, 0.717) is 6.04 Å². The standard InChI is InChI=1S/C17H22N2OS/c1-10(14-8-11-3-4-12(14)7-11)19-16-6-5-13(20-2)9-15(16)18-17(19)21/h5-6,9-12,14H,3-4,7-8H2,1-2H3,(H,18,21). The molecule has 0 radical (unpaired) electrons. The molecule has 2 fully saturated rings. The van der Waals surface area contributed by atoms with Gasteiger partial charge in [0.1, 0.15) is 5.75 Å². The smallest absolute Gasteiger partial charge is 0.178 e. The lowest BCUT2D eigenvalue weighted by atomic mass is 9.84. The monoisotopic (exact) mass is 302 g/mol. The molecule has 2 saturated carbocycles. The van der Waals surface area contributed by atoms with E-state index in [0.717, 1.165) is 33.8 Å². The summed E-state index contributed by atoms with van der Waals surface area (Å²) in [5.74, 6) is 3.55. The number of ether oxygens (including phenoxy) is 1. The second-order valence-electron chi connectivity index (χ2n) is 6.76. The predicted molar refractivity (Wildman–Crippen MR) is 87.3 cm³/mol. The van der Waals surface area contributed by atoms with E-state index in [1.54, 1.807) is 7.11 Å². The summed E-state index contributed by atoms with van der Waals surface area (Å²) < 4.78 is 8.48.